The molecule has 0 spiro atoms. The van der Waals surface area contributed by atoms with Gasteiger partial charge in [-0.2, -0.15) is 0 Å². The Kier molecular flexibility index (Phi) is 11.2. The first-order chi connectivity index (χ1) is 12.6. The lowest BCUT2D eigenvalue weighted by atomic mass is 10.2. The average Bonchev–Trinajstić information content (AvgIpc) is 3.11. The Morgan fingerprint density at radius 2 is 1.96 bits per heavy atom. The highest BCUT2D eigenvalue weighted by atomic mass is 127. The van der Waals surface area contributed by atoms with Gasteiger partial charge in [0.05, 0.1) is 17.2 Å². The molecule has 1 fully saturated rings. The van der Waals surface area contributed by atoms with Crippen molar-refractivity contribution in [2.45, 2.75) is 44.0 Å². The van der Waals surface area contributed by atoms with Gasteiger partial charge in [-0.25, -0.2) is 8.42 Å². The van der Waals surface area contributed by atoms with Gasteiger partial charge in [0.1, 0.15) is 0 Å². The lowest BCUT2D eigenvalue weighted by Gasteiger charge is -2.21. The van der Waals surface area contributed by atoms with E-state index in [9.17, 15) is 8.42 Å². The van der Waals surface area contributed by atoms with Crippen LogP contribution in [-0.4, -0.2) is 63.8 Å². The minimum Gasteiger partial charge on any atom is -0.357 e. The molecule has 1 unspecified atom stereocenters. The molecule has 8 heteroatoms. The zero-order valence-electron chi connectivity index (χ0n) is 16.4. The van der Waals surface area contributed by atoms with Crippen molar-refractivity contribution in [3.63, 3.8) is 0 Å². The molecule has 0 aromatic heterocycles. The Hall–Kier alpha value is -0.870. The Bertz CT molecular complexity index is 668. The molecule has 1 saturated heterocycles. The predicted molar refractivity (Wildman–Crippen MR) is 123 cm³/mol. The van der Waals surface area contributed by atoms with Gasteiger partial charge in [-0.1, -0.05) is 25.1 Å². The van der Waals surface area contributed by atoms with Crippen LogP contribution in [0.3, 0.4) is 0 Å². The Morgan fingerprint density at radius 1 is 1.22 bits per heavy atom. The fraction of sp³-hybridized carbons (Fsp3) is 0.632. The number of guanidine groups is 1. The van der Waals surface area contributed by atoms with Crippen LogP contribution in [0.25, 0.3) is 0 Å². The molecule has 1 atom stereocenters. The molecule has 27 heavy (non-hydrogen) atoms. The number of halogens is 1. The topological polar surface area (TPSA) is 73.8 Å². The number of nitrogens with one attached hydrogen (secondary N) is 2. The number of hydrogen-bond acceptors (Lipinski definition) is 4. The summed E-state index contributed by atoms with van der Waals surface area (Å²) in [5.74, 6) is 0.905. The number of hydrogen-bond donors (Lipinski definition) is 2. The van der Waals surface area contributed by atoms with Gasteiger partial charge >= 0.3 is 0 Å². The van der Waals surface area contributed by atoms with Crippen LogP contribution >= 0.6 is 24.0 Å². The molecule has 1 heterocycles. The van der Waals surface area contributed by atoms with Crippen molar-refractivity contribution in [2.24, 2.45) is 4.99 Å². The normalized spacial score (nSPS) is 18.1. The first kappa shape index (κ1) is 24.2. The second-order valence-corrected chi connectivity index (χ2v) is 8.67. The lowest BCUT2D eigenvalue weighted by molar-refractivity contribution is 0.273. The standard InChI is InChI=1S/C19H32N4O2S.HI/c1-3-20-19(22-16-17-10-8-14-23(17)4-2)21-13-9-15-26(24,25)18-11-6-5-7-12-18;/h5-7,11-12,17H,3-4,8-10,13-16H2,1-2H3,(H2,20,21,22);1H. The molecule has 1 aliphatic rings. The summed E-state index contributed by atoms with van der Waals surface area (Å²) >= 11 is 0. The van der Waals surface area contributed by atoms with E-state index >= 15 is 0 Å². The zero-order valence-corrected chi connectivity index (χ0v) is 19.5. The average molecular weight is 508 g/mol. The maximum atomic E-state index is 12.3. The van der Waals surface area contributed by atoms with Crippen LogP contribution in [0, 0.1) is 0 Å². The first-order valence-corrected chi connectivity index (χ1v) is 11.3. The van der Waals surface area contributed by atoms with Crippen molar-refractivity contribution in [3.05, 3.63) is 30.3 Å². The highest BCUT2D eigenvalue weighted by molar-refractivity contribution is 14.0. The third-order valence-corrected chi connectivity index (χ3v) is 6.51. The maximum Gasteiger partial charge on any atom is 0.191 e. The quantitative estimate of drug-likeness (QED) is 0.232. The highest BCUT2D eigenvalue weighted by Gasteiger charge is 2.22. The van der Waals surface area contributed by atoms with Gasteiger partial charge in [0.15, 0.2) is 15.8 Å². The molecule has 154 valence electrons. The van der Waals surface area contributed by atoms with Gasteiger partial charge < -0.3 is 10.6 Å². The van der Waals surface area contributed by atoms with E-state index in [2.05, 4.69) is 27.4 Å². The van der Waals surface area contributed by atoms with Gasteiger partial charge in [-0.05, 0) is 51.4 Å². The van der Waals surface area contributed by atoms with E-state index in [-0.39, 0.29) is 29.7 Å². The van der Waals surface area contributed by atoms with Crippen molar-refractivity contribution in [1.82, 2.24) is 15.5 Å². The van der Waals surface area contributed by atoms with Crippen molar-refractivity contribution in [2.75, 3.05) is 38.5 Å². The second-order valence-electron chi connectivity index (χ2n) is 6.56. The summed E-state index contributed by atoms with van der Waals surface area (Å²) in [5, 5.41) is 6.50. The van der Waals surface area contributed by atoms with Crippen LogP contribution < -0.4 is 10.6 Å². The Balaban J connectivity index is 0.00000364. The summed E-state index contributed by atoms with van der Waals surface area (Å²) in [5.41, 5.74) is 0. The maximum absolute atomic E-state index is 12.3. The van der Waals surface area contributed by atoms with Crippen molar-refractivity contribution in [3.8, 4) is 0 Å². The minimum absolute atomic E-state index is 0. The number of rotatable bonds is 9. The third-order valence-electron chi connectivity index (χ3n) is 4.69. The summed E-state index contributed by atoms with van der Waals surface area (Å²) in [6, 6.07) is 9.15. The Morgan fingerprint density at radius 3 is 2.63 bits per heavy atom. The molecule has 2 N–H and O–H groups in total. The molecule has 1 aliphatic heterocycles. The Labute approximate surface area is 181 Å². The summed E-state index contributed by atoms with van der Waals surface area (Å²) < 4.78 is 24.6. The van der Waals surface area contributed by atoms with E-state index in [1.54, 1.807) is 24.3 Å². The van der Waals surface area contributed by atoms with Crippen LogP contribution in [0.15, 0.2) is 40.2 Å². The smallest absolute Gasteiger partial charge is 0.191 e. The number of aliphatic imine (C=N–C) groups is 1. The summed E-state index contributed by atoms with van der Waals surface area (Å²) in [4.78, 5) is 7.55. The van der Waals surface area contributed by atoms with Gasteiger partial charge in [-0.15, -0.1) is 24.0 Å². The van der Waals surface area contributed by atoms with Crippen LogP contribution in [0.1, 0.15) is 33.1 Å². The molecule has 1 aromatic carbocycles. The number of sulfone groups is 1. The first-order valence-electron chi connectivity index (χ1n) is 9.61. The zero-order chi connectivity index (χ0) is 18.8. The number of benzene rings is 1. The number of likely N-dealkylation sites (tertiary alicyclic amines) is 1. The number of likely N-dealkylation sites (N-methyl/N-ethyl adjacent to an activating group) is 1. The van der Waals surface area contributed by atoms with E-state index in [1.165, 1.54) is 12.8 Å². The van der Waals surface area contributed by atoms with Gasteiger partial charge in [-0.3, -0.25) is 9.89 Å². The third kappa shape index (κ3) is 7.95. The summed E-state index contributed by atoms with van der Waals surface area (Å²) in [6.45, 7) is 8.62. The fourth-order valence-electron chi connectivity index (χ4n) is 3.27. The van der Waals surface area contributed by atoms with Gasteiger partial charge in [0.2, 0.25) is 0 Å². The molecule has 0 bridgehead atoms. The molecule has 2 rings (SSSR count). The van der Waals surface area contributed by atoms with Gasteiger partial charge in [0, 0.05) is 19.1 Å². The van der Waals surface area contributed by atoms with Crippen LogP contribution in [0.2, 0.25) is 0 Å². The van der Waals surface area contributed by atoms with E-state index in [4.69, 9.17) is 0 Å². The predicted octanol–water partition coefficient (Wildman–Crippen LogP) is 2.51. The van der Waals surface area contributed by atoms with E-state index in [0.717, 1.165) is 32.1 Å². The van der Waals surface area contributed by atoms with E-state index in [1.807, 2.05) is 13.0 Å². The van der Waals surface area contributed by atoms with Crippen molar-refractivity contribution >= 4 is 39.8 Å². The number of nitrogens with zero attached hydrogens (tertiary/aromatic N) is 2. The summed E-state index contributed by atoms with van der Waals surface area (Å²) in [7, 11) is -3.21. The van der Waals surface area contributed by atoms with Crippen LogP contribution in [-0.2, 0) is 9.84 Å². The van der Waals surface area contributed by atoms with E-state index < -0.39 is 9.84 Å². The van der Waals surface area contributed by atoms with Crippen molar-refractivity contribution < 1.29 is 8.42 Å². The minimum atomic E-state index is -3.21. The second kappa shape index (κ2) is 12.6. The molecular formula is C19H33IN4O2S. The van der Waals surface area contributed by atoms with E-state index in [0.29, 0.717) is 23.9 Å². The van der Waals surface area contributed by atoms with Crippen LogP contribution in [0.5, 0.6) is 0 Å². The molecule has 0 saturated carbocycles. The highest BCUT2D eigenvalue weighted by Crippen LogP contribution is 2.16. The lowest BCUT2D eigenvalue weighted by Crippen LogP contribution is -2.40. The molecule has 6 nitrogen and oxygen atoms in total. The molecule has 1 aromatic rings. The molecule has 0 amide bonds. The summed E-state index contributed by atoms with van der Waals surface area (Å²) in [6.07, 6.45) is 2.99. The molecule has 0 radical (unpaired) electrons. The molecular weight excluding hydrogens is 475 g/mol. The largest absolute Gasteiger partial charge is 0.357 e. The van der Waals surface area contributed by atoms with Crippen molar-refractivity contribution in [1.29, 1.82) is 0 Å². The molecule has 0 aliphatic carbocycles. The SMILES string of the molecule is CCNC(=NCC1CCCN1CC)NCCCS(=O)(=O)c1ccccc1.I. The van der Waals surface area contributed by atoms with Crippen LogP contribution in [0.4, 0.5) is 0 Å². The van der Waals surface area contributed by atoms with Gasteiger partial charge in [0.25, 0.3) is 0 Å². The fourth-order valence-corrected chi connectivity index (χ4v) is 4.60. The monoisotopic (exact) mass is 508 g/mol.